The van der Waals surface area contributed by atoms with Crippen LogP contribution in [-0.4, -0.2) is 16.8 Å². The molecule has 0 spiro atoms. The van der Waals surface area contributed by atoms with Crippen molar-refractivity contribution in [2.24, 2.45) is 0 Å². The van der Waals surface area contributed by atoms with Gasteiger partial charge in [0.05, 0.1) is 6.61 Å². The van der Waals surface area contributed by atoms with E-state index in [9.17, 15) is 0 Å². The quantitative estimate of drug-likeness (QED) is 0.535. The molecule has 0 aromatic heterocycles. The summed E-state index contributed by atoms with van der Waals surface area (Å²) in [5.41, 5.74) is 6.70. The van der Waals surface area contributed by atoms with E-state index < -0.39 is 6.10 Å². The molecule has 0 radical (unpaired) electrons. The number of hydrogen-bond acceptors (Lipinski definition) is 3. The molecule has 0 saturated carbocycles. The number of aliphatic hydroxyl groups excluding tert-OH is 2. The third-order valence-corrected chi connectivity index (χ3v) is 1.47. The van der Waals surface area contributed by atoms with Crippen LogP contribution in [0.1, 0.15) is 11.7 Å². The van der Waals surface area contributed by atoms with Gasteiger partial charge in [-0.1, -0.05) is 12.1 Å². The smallest absolute Gasteiger partial charge is 0.102 e. The first-order valence-electron chi connectivity index (χ1n) is 3.38. The number of rotatable bonds is 2. The lowest BCUT2D eigenvalue weighted by atomic mass is 10.1. The zero-order chi connectivity index (χ0) is 8.27. The van der Waals surface area contributed by atoms with Crippen molar-refractivity contribution in [1.82, 2.24) is 0 Å². The van der Waals surface area contributed by atoms with Crippen LogP contribution >= 0.6 is 0 Å². The van der Waals surface area contributed by atoms with Gasteiger partial charge in [0.25, 0.3) is 0 Å². The van der Waals surface area contributed by atoms with E-state index >= 15 is 0 Å². The van der Waals surface area contributed by atoms with Crippen molar-refractivity contribution in [2.45, 2.75) is 6.10 Å². The highest BCUT2D eigenvalue weighted by atomic mass is 16.3. The van der Waals surface area contributed by atoms with Crippen molar-refractivity contribution in [3.8, 4) is 0 Å². The van der Waals surface area contributed by atoms with Crippen molar-refractivity contribution in [3.63, 3.8) is 0 Å². The first kappa shape index (κ1) is 8.04. The molecule has 0 fully saturated rings. The summed E-state index contributed by atoms with van der Waals surface area (Å²) < 4.78 is 0. The molecule has 1 aromatic carbocycles. The van der Waals surface area contributed by atoms with Gasteiger partial charge >= 0.3 is 0 Å². The predicted molar refractivity (Wildman–Crippen MR) is 42.9 cm³/mol. The molecule has 1 atom stereocenters. The molecule has 4 N–H and O–H groups in total. The van der Waals surface area contributed by atoms with E-state index in [4.69, 9.17) is 15.9 Å². The molecule has 60 valence electrons. The van der Waals surface area contributed by atoms with Gasteiger partial charge in [-0.05, 0) is 17.7 Å². The van der Waals surface area contributed by atoms with Crippen molar-refractivity contribution >= 4 is 5.69 Å². The van der Waals surface area contributed by atoms with Gasteiger partial charge in [0.2, 0.25) is 0 Å². The van der Waals surface area contributed by atoms with Gasteiger partial charge in [0, 0.05) is 5.69 Å². The lowest BCUT2D eigenvalue weighted by Crippen LogP contribution is -2.02. The number of anilines is 1. The number of nitrogen functional groups attached to an aromatic ring is 1. The zero-order valence-electron chi connectivity index (χ0n) is 6.07. The Kier molecular flexibility index (Phi) is 2.46. The molecule has 1 rings (SSSR count). The van der Waals surface area contributed by atoms with E-state index in [0.29, 0.717) is 11.3 Å². The highest BCUT2D eigenvalue weighted by Gasteiger charge is 2.04. The minimum Gasteiger partial charge on any atom is -0.399 e. The first-order chi connectivity index (χ1) is 5.24. The molecule has 0 bridgehead atoms. The minimum atomic E-state index is -0.821. The Morgan fingerprint density at radius 3 is 2.73 bits per heavy atom. The largest absolute Gasteiger partial charge is 0.399 e. The van der Waals surface area contributed by atoms with Gasteiger partial charge in [-0.15, -0.1) is 0 Å². The first-order valence-corrected chi connectivity index (χ1v) is 3.38. The monoisotopic (exact) mass is 153 g/mol. The molecule has 3 nitrogen and oxygen atoms in total. The molecule has 0 heterocycles. The van der Waals surface area contributed by atoms with E-state index in [1.54, 1.807) is 24.3 Å². The van der Waals surface area contributed by atoms with E-state index in [0.717, 1.165) is 0 Å². The molecule has 0 unspecified atom stereocenters. The maximum Gasteiger partial charge on any atom is 0.102 e. The second-order valence-electron chi connectivity index (χ2n) is 2.37. The summed E-state index contributed by atoms with van der Waals surface area (Å²) in [5, 5.41) is 17.7. The van der Waals surface area contributed by atoms with Gasteiger partial charge in [0.1, 0.15) is 6.10 Å². The third kappa shape index (κ3) is 1.93. The summed E-state index contributed by atoms with van der Waals surface area (Å²) in [5.74, 6) is 0. The minimum absolute atomic E-state index is 0.274. The van der Waals surface area contributed by atoms with Crippen molar-refractivity contribution in [3.05, 3.63) is 29.8 Å². The van der Waals surface area contributed by atoms with Crippen LogP contribution < -0.4 is 5.73 Å². The average molecular weight is 153 g/mol. The van der Waals surface area contributed by atoms with Crippen molar-refractivity contribution in [2.75, 3.05) is 12.3 Å². The number of nitrogens with two attached hydrogens (primary N) is 1. The Hall–Kier alpha value is -1.06. The van der Waals surface area contributed by atoms with Gasteiger partial charge in [-0.2, -0.15) is 0 Å². The van der Waals surface area contributed by atoms with Crippen LogP contribution in [0.3, 0.4) is 0 Å². The molecular formula is C8H11NO2. The van der Waals surface area contributed by atoms with E-state index in [1.165, 1.54) is 0 Å². The number of aliphatic hydroxyl groups is 2. The molecule has 1 aromatic rings. The normalized spacial score (nSPS) is 12.9. The molecule has 0 saturated heterocycles. The molecule has 0 aliphatic rings. The topological polar surface area (TPSA) is 66.5 Å². The predicted octanol–water partition coefficient (Wildman–Crippen LogP) is 0.295. The van der Waals surface area contributed by atoms with Crippen LogP contribution in [0.4, 0.5) is 5.69 Å². The van der Waals surface area contributed by atoms with Crippen molar-refractivity contribution in [1.29, 1.82) is 0 Å². The van der Waals surface area contributed by atoms with Crippen LogP contribution in [-0.2, 0) is 0 Å². The molecule has 0 amide bonds. The van der Waals surface area contributed by atoms with Crippen LogP contribution in [0.25, 0.3) is 0 Å². The Balaban J connectivity index is 2.86. The zero-order valence-corrected chi connectivity index (χ0v) is 6.07. The van der Waals surface area contributed by atoms with Gasteiger partial charge in [0.15, 0.2) is 0 Å². The number of hydrogen-bond donors (Lipinski definition) is 3. The molecule has 0 aliphatic heterocycles. The summed E-state index contributed by atoms with van der Waals surface area (Å²) in [6.07, 6.45) is -0.821. The second kappa shape index (κ2) is 3.37. The summed E-state index contributed by atoms with van der Waals surface area (Å²) in [7, 11) is 0. The highest BCUT2D eigenvalue weighted by molar-refractivity contribution is 5.41. The maximum absolute atomic E-state index is 9.15. The van der Waals surface area contributed by atoms with Crippen LogP contribution in [0, 0.1) is 0 Å². The molecule has 3 heteroatoms. The van der Waals surface area contributed by atoms with Crippen LogP contribution in [0.2, 0.25) is 0 Å². The fraction of sp³-hybridized carbons (Fsp3) is 0.250. The lowest BCUT2D eigenvalue weighted by molar-refractivity contribution is 0.0956. The Morgan fingerprint density at radius 2 is 2.18 bits per heavy atom. The fourth-order valence-electron chi connectivity index (χ4n) is 0.872. The third-order valence-electron chi connectivity index (χ3n) is 1.47. The Labute approximate surface area is 65.1 Å². The van der Waals surface area contributed by atoms with E-state index in [1.807, 2.05) is 0 Å². The highest BCUT2D eigenvalue weighted by Crippen LogP contribution is 2.14. The molecule has 0 aliphatic carbocycles. The standard InChI is InChI=1S/C8H11NO2/c9-7-3-1-2-6(4-7)8(11)5-10/h1-4,8,10-11H,5,9H2/t8-/m1/s1. The fourth-order valence-corrected chi connectivity index (χ4v) is 0.872. The van der Waals surface area contributed by atoms with Crippen LogP contribution in [0.15, 0.2) is 24.3 Å². The summed E-state index contributed by atoms with van der Waals surface area (Å²) in [6.45, 7) is -0.274. The van der Waals surface area contributed by atoms with E-state index in [2.05, 4.69) is 0 Å². The van der Waals surface area contributed by atoms with Crippen molar-refractivity contribution < 1.29 is 10.2 Å². The lowest BCUT2D eigenvalue weighted by Gasteiger charge is -2.06. The van der Waals surface area contributed by atoms with Gasteiger partial charge in [-0.25, -0.2) is 0 Å². The summed E-state index contributed by atoms with van der Waals surface area (Å²) in [6, 6.07) is 6.83. The number of benzene rings is 1. The summed E-state index contributed by atoms with van der Waals surface area (Å²) >= 11 is 0. The Morgan fingerprint density at radius 1 is 1.45 bits per heavy atom. The summed E-state index contributed by atoms with van der Waals surface area (Å²) in [4.78, 5) is 0. The average Bonchev–Trinajstić information content (AvgIpc) is 2.03. The Bertz CT molecular complexity index is 237. The maximum atomic E-state index is 9.15. The van der Waals surface area contributed by atoms with Gasteiger partial charge < -0.3 is 15.9 Å². The van der Waals surface area contributed by atoms with E-state index in [-0.39, 0.29) is 6.61 Å². The molecule has 11 heavy (non-hydrogen) atoms. The van der Waals surface area contributed by atoms with Crippen LogP contribution in [0.5, 0.6) is 0 Å². The SMILES string of the molecule is Nc1cccc([C@H](O)CO)c1. The van der Waals surface area contributed by atoms with Gasteiger partial charge in [-0.3, -0.25) is 0 Å². The second-order valence-corrected chi connectivity index (χ2v) is 2.37. The molecular weight excluding hydrogens is 142 g/mol.